The summed E-state index contributed by atoms with van der Waals surface area (Å²) in [5, 5.41) is 0. The summed E-state index contributed by atoms with van der Waals surface area (Å²) in [5.41, 5.74) is 1.67. The molecule has 2 aromatic rings. The average molecular weight is 374 g/mol. The molecule has 6 heteroatoms. The minimum absolute atomic E-state index is 0.281. The van der Waals surface area contributed by atoms with Gasteiger partial charge < -0.3 is 9.55 Å². The molecule has 21 heavy (non-hydrogen) atoms. The van der Waals surface area contributed by atoms with Crippen LogP contribution >= 0.6 is 28.1 Å². The van der Waals surface area contributed by atoms with E-state index < -0.39 is 0 Å². The second-order valence-corrected chi connectivity index (χ2v) is 7.03. The molecule has 2 rings (SSSR count). The third-order valence-corrected chi connectivity index (χ3v) is 4.65. The van der Waals surface area contributed by atoms with Crippen molar-refractivity contribution in [2.75, 3.05) is 6.54 Å². The summed E-state index contributed by atoms with van der Waals surface area (Å²) in [6, 6.07) is 4.22. The summed E-state index contributed by atoms with van der Waals surface area (Å²) in [6.45, 7) is 10.5. The van der Waals surface area contributed by atoms with Crippen molar-refractivity contribution in [2.24, 2.45) is 0 Å². The van der Waals surface area contributed by atoms with Crippen molar-refractivity contribution in [1.82, 2.24) is 14.5 Å². The van der Waals surface area contributed by atoms with E-state index in [4.69, 9.17) is 12.2 Å². The Kier molecular flexibility index (Phi) is 5.22. The number of hydrogen-bond acceptors (Lipinski definition) is 2. The van der Waals surface area contributed by atoms with Gasteiger partial charge in [0.25, 0.3) is 0 Å². The lowest BCUT2D eigenvalue weighted by Gasteiger charge is -2.30. The van der Waals surface area contributed by atoms with Gasteiger partial charge in [-0.15, -0.1) is 0 Å². The maximum atomic E-state index is 13.6. The van der Waals surface area contributed by atoms with Crippen molar-refractivity contribution in [2.45, 2.75) is 46.3 Å². The highest BCUT2D eigenvalue weighted by molar-refractivity contribution is 9.10. The van der Waals surface area contributed by atoms with Crippen LogP contribution in [0.3, 0.4) is 0 Å². The first-order valence-electron chi connectivity index (χ1n) is 7.14. The maximum absolute atomic E-state index is 13.6. The van der Waals surface area contributed by atoms with Crippen molar-refractivity contribution in [3.05, 3.63) is 27.2 Å². The van der Waals surface area contributed by atoms with E-state index >= 15 is 0 Å². The van der Waals surface area contributed by atoms with Crippen LogP contribution in [0.25, 0.3) is 11.0 Å². The monoisotopic (exact) mass is 373 g/mol. The minimum atomic E-state index is -0.281. The van der Waals surface area contributed by atoms with Crippen molar-refractivity contribution in [3.63, 3.8) is 0 Å². The molecule has 3 nitrogen and oxygen atoms in total. The van der Waals surface area contributed by atoms with Crippen LogP contribution in [0.15, 0.2) is 16.6 Å². The van der Waals surface area contributed by atoms with E-state index in [1.807, 2.05) is 4.57 Å². The lowest BCUT2D eigenvalue weighted by molar-refractivity contribution is 0.168. The smallest absolute Gasteiger partial charge is 0.178 e. The average Bonchev–Trinajstić information content (AvgIpc) is 2.65. The van der Waals surface area contributed by atoms with E-state index in [0.717, 1.165) is 24.1 Å². The van der Waals surface area contributed by atoms with Gasteiger partial charge in [0, 0.05) is 31.2 Å². The highest BCUT2D eigenvalue weighted by atomic mass is 79.9. The highest BCUT2D eigenvalue weighted by Gasteiger charge is 2.15. The first kappa shape index (κ1) is 16.6. The molecule has 1 aromatic carbocycles. The number of nitrogens with one attached hydrogen (secondary N) is 1. The number of nitrogens with zero attached hydrogens (tertiary/aromatic N) is 2. The largest absolute Gasteiger partial charge is 0.330 e. The molecule has 0 aliphatic carbocycles. The van der Waals surface area contributed by atoms with Crippen LogP contribution in [-0.4, -0.2) is 33.1 Å². The Balaban J connectivity index is 2.32. The Morgan fingerprint density at radius 2 is 1.90 bits per heavy atom. The topological polar surface area (TPSA) is 24.0 Å². The predicted molar refractivity (Wildman–Crippen MR) is 91.8 cm³/mol. The van der Waals surface area contributed by atoms with Gasteiger partial charge >= 0.3 is 0 Å². The number of hydrogen-bond donors (Lipinski definition) is 1. The molecule has 1 heterocycles. The van der Waals surface area contributed by atoms with Gasteiger partial charge in [-0.1, -0.05) is 0 Å². The van der Waals surface area contributed by atoms with E-state index in [9.17, 15) is 4.39 Å². The van der Waals surface area contributed by atoms with Crippen LogP contribution in [0.5, 0.6) is 0 Å². The van der Waals surface area contributed by atoms with Gasteiger partial charge in [-0.3, -0.25) is 4.90 Å². The molecular formula is C15H21BrFN3S. The number of halogens is 2. The van der Waals surface area contributed by atoms with Gasteiger partial charge in [0.05, 0.1) is 15.5 Å². The van der Waals surface area contributed by atoms with Crippen molar-refractivity contribution in [3.8, 4) is 0 Å². The van der Waals surface area contributed by atoms with Crippen molar-refractivity contribution >= 4 is 39.2 Å². The molecule has 0 aliphatic heterocycles. The standard InChI is InChI=1S/C15H21BrFN3S/c1-9(2)19(10(3)4)5-6-20-14-7-11(16)12(17)8-13(14)18-15(20)21/h7-10H,5-6H2,1-4H3,(H,18,21). The van der Waals surface area contributed by atoms with Crippen molar-refractivity contribution in [1.29, 1.82) is 0 Å². The van der Waals surface area contributed by atoms with Gasteiger partial charge in [-0.05, 0) is 61.9 Å². The van der Waals surface area contributed by atoms with Gasteiger partial charge in [-0.2, -0.15) is 0 Å². The fourth-order valence-electron chi connectivity index (χ4n) is 2.70. The first-order valence-corrected chi connectivity index (χ1v) is 8.34. The molecule has 0 amide bonds. The summed E-state index contributed by atoms with van der Waals surface area (Å²) in [6.07, 6.45) is 0. The molecule has 116 valence electrons. The van der Waals surface area contributed by atoms with E-state index in [1.165, 1.54) is 6.07 Å². The zero-order chi connectivity index (χ0) is 15.7. The summed E-state index contributed by atoms with van der Waals surface area (Å²) < 4.78 is 16.7. The lowest BCUT2D eigenvalue weighted by Crippen LogP contribution is -2.39. The zero-order valence-corrected chi connectivity index (χ0v) is 15.2. The molecule has 0 unspecified atom stereocenters. The molecule has 0 atom stereocenters. The van der Waals surface area contributed by atoms with E-state index in [-0.39, 0.29) is 5.82 Å². The van der Waals surface area contributed by atoms with E-state index in [2.05, 4.69) is 53.5 Å². The Hall–Kier alpha value is -0.720. The first-order chi connectivity index (χ1) is 9.81. The SMILES string of the molecule is CC(C)N(CCn1c(=S)[nH]c2cc(F)c(Br)cc21)C(C)C. The number of rotatable bonds is 5. The van der Waals surface area contributed by atoms with E-state index in [0.29, 0.717) is 21.3 Å². The molecule has 0 bridgehead atoms. The molecule has 1 N–H and O–H groups in total. The Morgan fingerprint density at radius 3 is 2.48 bits per heavy atom. The molecule has 0 saturated heterocycles. The van der Waals surface area contributed by atoms with Gasteiger partial charge in [-0.25, -0.2) is 4.39 Å². The Bertz CT molecular complexity index is 682. The zero-order valence-electron chi connectivity index (χ0n) is 12.8. The van der Waals surface area contributed by atoms with Crippen LogP contribution in [0.2, 0.25) is 0 Å². The van der Waals surface area contributed by atoms with Crippen LogP contribution in [0.1, 0.15) is 27.7 Å². The second-order valence-electron chi connectivity index (χ2n) is 5.79. The third-order valence-electron chi connectivity index (χ3n) is 3.72. The van der Waals surface area contributed by atoms with Crippen molar-refractivity contribution < 1.29 is 4.39 Å². The molecule has 0 spiro atoms. The normalized spacial score (nSPS) is 12.2. The van der Waals surface area contributed by atoms with Crippen LogP contribution < -0.4 is 0 Å². The second kappa shape index (κ2) is 6.58. The molecule has 0 aliphatic rings. The van der Waals surface area contributed by atoms with Crippen LogP contribution in [0, 0.1) is 10.6 Å². The summed E-state index contributed by atoms with van der Waals surface area (Å²) in [5.74, 6) is -0.281. The molecular weight excluding hydrogens is 353 g/mol. The summed E-state index contributed by atoms with van der Waals surface area (Å²) in [4.78, 5) is 5.49. The number of aromatic amines is 1. The summed E-state index contributed by atoms with van der Waals surface area (Å²) in [7, 11) is 0. The quantitative estimate of drug-likeness (QED) is 0.766. The number of imidazole rings is 1. The maximum Gasteiger partial charge on any atom is 0.178 e. The number of fused-ring (bicyclic) bond motifs is 1. The molecule has 1 aromatic heterocycles. The summed E-state index contributed by atoms with van der Waals surface area (Å²) >= 11 is 8.61. The fraction of sp³-hybridized carbons (Fsp3) is 0.533. The molecule has 0 radical (unpaired) electrons. The number of aromatic nitrogens is 2. The molecule has 0 fully saturated rings. The van der Waals surface area contributed by atoms with Gasteiger partial charge in [0.2, 0.25) is 0 Å². The Labute approximate surface area is 138 Å². The fourth-order valence-corrected chi connectivity index (χ4v) is 3.33. The number of H-pyrrole nitrogens is 1. The van der Waals surface area contributed by atoms with E-state index in [1.54, 1.807) is 6.07 Å². The Morgan fingerprint density at radius 1 is 1.29 bits per heavy atom. The number of benzene rings is 1. The van der Waals surface area contributed by atoms with Crippen LogP contribution in [0.4, 0.5) is 4.39 Å². The lowest BCUT2D eigenvalue weighted by atomic mass is 10.2. The third kappa shape index (κ3) is 3.55. The predicted octanol–water partition coefficient (Wildman–Crippen LogP) is 4.72. The molecule has 0 saturated carbocycles. The van der Waals surface area contributed by atoms with Gasteiger partial charge in [0.1, 0.15) is 5.82 Å². The minimum Gasteiger partial charge on any atom is -0.330 e. The van der Waals surface area contributed by atoms with Gasteiger partial charge in [0.15, 0.2) is 4.77 Å². The van der Waals surface area contributed by atoms with Crippen LogP contribution in [-0.2, 0) is 6.54 Å². The highest BCUT2D eigenvalue weighted by Crippen LogP contribution is 2.23.